The van der Waals surface area contributed by atoms with Crippen molar-refractivity contribution >= 4 is 11.7 Å². The van der Waals surface area contributed by atoms with Gasteiger partial charge in [0.1, 0.15) is 23.9 Å². The third-order valence-corrected chi connectivity index (χ3v) is 6.47. The first-order valence-electron chi connectivity index (χ1n) is 16.8. The lowest BCUT2D eigenvalue weighted by Crippen LogP contribution is -2.28. The van der Waals surface area contributed by atoms with Crippen LogP contribution in [0.5, 0.6) is 0 Å². The molecule has 0 aliphatic rings. The van der Waals surface area contributed by atoms with E-state index in [4.69, 9.17) is 4.42 Å². The van der Waals surface area contributed by atoms with Gasteiger partial charge in [-0.1, -0.05) is 76.1 Å². The van der Waals surface area contributed by atoms with Gasteiger partial charge in [0, 0.05) is 32.2 Å². The Bertz CT molecular complexity index is 1300. The second-order valence-corrected chi connectivity index (χ2v) is 11.0. The summed E-state index contributed by atoms with van der Waals surface area (Å²) in [6.07, 6.45) is 9.34. The molecule has 1 amide bonds. The Morgan fingerprint density at radius 2 is 1.74 bits per heavy atom. The van der Waals surface area contributed by atoms with Gasteiger partial charge >= 0.3 is 0 Å². The maximum atomic E-state index is 12.9. The number of nitrogens with zero attached hydrogens (tertiary/aromatic N) is 3. The standard InChI is InChI=1S/C26H35N5O2.C6H11F.C4H7F.C2H6/c1-4-6-14-31(3)24-18-22(17-23(30-24)26-29-13-15-33-26)25(32)28-12-8-11-27-19-21-10-7-9-20(5-2)16-21;1-5(2)4-6(3)7;1-3-4(2)5;1-2/h7,9-10,13,15-18,27H,4-6,8,11-12,14,19H2,1-3H3,(H,28,32);4,6H,1-3H3;3H,1-2H3;1-2H3/b;;4-3+;. The van der Waals surface area contributed by atoms with Crippen LogP contribution in [0.15, 0.2) is 76.8 Å². The number of carbonyl (C=O) groups is 1. The molecule has 0 aliphatic heterocycles. The Morgan fingerprint density at radius 3 is 2.28 bits per heavy atom. The number of hydrogen-bond donors (Lipinski definition) is 2. The molecule has 0 aliphatic carbocycles. The number of alkyl halides is 1. The molecule has 1 aromatic carbocycles. The van der Waals surface area contributed by atoms with Crippen LogP contribution in [-0.2, 0) is 13.0 Å². The van der Waals surface area contributed by atoms with Crippen molar-refractivity contribution < 1.29 is 18.0 Å². The van der Waals surface area contributed by atoms with E-state index in [-0.39, 0.29) is 11.7 Å². The summed E-state index contributed by atoms with van der Waals surface area (Å²) in [7, 11) is 1.99. The van der Waals surface area contributed by atoms with E-state index < -0.39 is 6.17 Å². The summed E-state index contributed by atoms with van der Waals surface area (Å²) in [5.41, 5.74) is 4.79. The third kappa shape index (κ3) is 20.1. The molecular formula is C38H59F2N5O2. The Labute approximate surface area is 283 Å². The number of benzene rings is 1. The van der Waals surface area contributed by atoms with Gasteiger partial charge in [0.25, 0.3) is 5.91 Å². The van der Waals surface area contributed by atoms with Gasteiger partial charge in [0.05, 0.1) is 12.0 Å². The van der Waals surface area contributed by atoms with Crippen LogP contribution in [0, 0.1) is 0 Å². The van der Waals surface area contributed by atoms with Gasteiger partial charge in [-0.15, -0.1) is 0 Å². The van der Waals surface area contributed by atoms with E-state index in [1.54, 1.807) is 25.3 Å². The van der Waals surface area contributed by atoms with Crippen LogP contribution in [0.25, 0.3) is 11.6 Å². The molecule has 0 saturated heterocycles. The smallest absolute Gasteiger partial charge is 0.251 e. The first kappa shape index (κ1) is 43.1. The molecule has 47 heavy (non-hydrogen) atoms. The molecule has 3 rings (SSSR count). The Balaban J connectivity index is 0.00000127. The van der Waals surface area contributed by atoms with E-state index >= 15 is 0 Å². The monoisotopic (exact) mass is 655 g/mol. The molecule has 7 nitrogen and oxygen atoms in total. The molecule has 0 saturated carbocycles. The highest BCUT2D eigenvalue weighted by molar-refractivity contribution is 5.95. The summed E-state index contributed by atoms with van der Waals surface area (Å²) in [6.45, 7) is 19.8. The predicted octanol–water partition coefficient (Wildman–Crippen LogP) is 9.66. The maximum absolute atomic E-state index is 12.9. The number of amides is 1. The highest BCUT2D eigenvalue weighted by Gasteiger charge is 2.15. The molecule has 9 heteroatoms. The molecule has 0 spiro atoms. The first-order valence-corrected chi connectivity index (χ1v) is 16.8. The number of hydrogen-bond acceptors (Lipinski definition) is 6. The van der Waals surface area contributed by atoms with Crippen molar-refractivity contribution in [2.45, 2.75) is 101 Å². The van der Waals surface area contributed by atoms with Crippen LogP contribution < -0.4 is 15.5 Å². The van der Waals surface area contributed by atoms with Crippen molar-refractivity contribution in [2.75, 3.05) is 31.6 Å². The van der Waals surface area contributed by atoms with Crippen molar-refractivity contribution in [3.63, 3.8) is 0 Å². The summed E-state index contributed by atoms with van der Waals surface area (Å²) in [4.78, 5) is 23.8. The number of nitrogens with one attached hydrogen (secondary N) is 2. The Hall–Kier alpha value is -3.85. The van der Waals surface area contributed by atoms with Crippen molar-refractivity contribution in [1.82, 2.24) is 20.6 Å². The predicted molar refractivity (Wildman–Crippen MR) is 194 cm³/mol. The van der Waals surface area contributed by atoms with E-state index in [1.807, 2.05) is 40.8 Å². The number of unbranched alkanes of at least 4 members (excludes halogenated alkanes) is 1. The molecule has 2 N–H and O–H groups in total. The quantitative estimate of drug-likeness (QED) is 0.133. The fraction of sp³-hybridized carbons (Fsp3) is 0.500. The third-order valence-electron chi connectivity index (χ3n) is 6.47. The zero-order chi connectivity index (χ0) is 35.6. The average Bonchev–Trinajstić information content (AvgIpc) is 3.61. The molecule has 0 bridgehead atoms. The molecule has 0 fully saturated rings. The number of halogens is 2. The Morgan fingerprint density at radius 1 is 1.06 bits per heavy atom. The summed E-state index contributed by atoms with van der Waals surface area (Å²) < 4.78 is 28.6. The second kappa shape index (κ2) is 26.2. The molecule has 0 radical (unpaired) electrons. The van der Waals surface area contributed by atoms with Gasteiger partial charge in [-0.25, -0.2) is 18.7 Å². The van der Waals surface area contributed by atoms with E-state index in [0.717, 1.165) is 56.7 Å². The lowest BCUT2D eigenvalue weighted by Gasteiger charge is -2.19. The number of oxazole rings is 1. The highest BCUT2D eigenvalue weighted by atomic mass is 19.1. The van der Waals surface area contributed by atoms with E-state index in [9.17, 15) is 13.6 Å². The normalized spacial score (nSPS) is 11.0. The minimum Gasteiger partial charge on any atom is -0.443 e. The fourth-order valence-corrected chi connectivity index (χ4v) is 3.98. The summed E-state index contributed by atoms with van der Waals surface area (Å²) in [5.74, 6) is 0.905. The molecule has 262 valence electrons. The minimum absolute atomic E-state index is 0.119. The number of aryl methyl sites for hydroxylation is 1. The number of pyridine rings is 1. The summed E-state index contributed by atoms with van der Waals surface area (Å²) in [6, 6.07) is 12.2. The van der Waals surface area contributed by atoms with Crippen LogP contribution in [0.2, 0.25) is 0 Å². The van der Waals surface area contributed by atoms with Gasteiger partial charge in [-0.05, 0) is 83.7 Å². The number of aromatic nitrogens is 2. The van der Waals surface area contributed by atoms with Crippen LogP contribution >= 0.6 is 0 Å². The van der Waals surface area contributed by atoms with Crippen molar-refractivity contribution in [3.8, 4) is 11.6 Å². The SMILES string of the molecule is C/C=C(\C)F.CC.CC(C)=CC(C)F.CCCCN(C)c1cc(C(=O)NCCCNCc2cccc(CC)c2)cc(-c2ncco2)n1. The van der Waals surface area contributed by atoms with Crippen molar-refractivity contribution in [3.05, 3.63) is 89.1 Å². The van der Waals surface area contributed by atoms with Crippen LogP contribution in [0.3, 0.4) is 0 Å². The summed E-state index contributed by atoms with van der Waals surface area (Å²) in [5, 5.41) is 6.47. The van der Waals surface area contributed by atoms with Crippen LogP contribution in [0.1, 0.15) is 103 Å². The van der Waals surface area contributed by atoms with Crippen molar-refractivity contribution in [1.29, 1.82) is 0 Å². The van der Waals surface area contributed by atoms with E-state index in [2.05, 4.69) is 63.6 Å². The molecule has 1 unspecified atom stereocenters. The average molecular weight is 656 g/mol. The minimum atomic E-state index is -0.787. The fourth-order valence-electron chi connectivity index (χ4n) is 3.98. The first-order chi connectivity index (χ1) is 22.5. The maximum Gasteiger partial charge on any atom is 0.251 e. The van der Waals surface area contributed by atoms with Crippen LogP contribution in [0.4, 0.5) is 14.6 Å². The lowest BCUT2D eigenvalue weighted by atomic mass is 10.1. The zero-order valence-electron chi connectivity index (χ0n) is 30.4. The largest absolute Gasteiger partial charge is 0.443 e. The van der Waals surface area contributed by atoms with E-state index in [1.165, 1.54) is 37.3 Å². The lowest BCUT2D eigenvalue weighted by molar-refractivity contribution is 0.0953. The van der Waals surface area contributed by atoms with Gasteiger partial charge in [-0.2, -0.15) is 0 Å². The van der Waals surface area contributed by atoms with Gasteiger partial charge in [-0.3, -0.25) is 4.79 Å². The number of allylic oxidation sites excluding steroid dienone is 4. The molecule has 1 atom stereocenters. The van der Waals surface area contributed by atoms with Crippen molar-refractivity contribution in [2.24, 2.45) is 0 Å². The van der Waals surface area contributed by atoms with E-state index in [0.29, 0.717) is 23.7 Å². The number of carbonyl (C=O) groups excluding carboxylic acids is 1. The van der Waals surface area contributed by atoms with Gasteiger partial charge in [0.2, 0.25) is 5.89 Å². The molecular weight excluding hydrogens is 596 g/mol. The van der Waals surface area contributed by atoms with Gasteiger partial charge in [0.15, 0.2) is 0 Å². The molecule has 2 aromatic heterocycles. The second-order valence-electron chi connectivity index (χ2n) is 11.0. The molecule has 2 heterocycles. The zero-order valence-corrected chi connectivity index (χ0v) is 30.4. The highest BCUT2D eigenvalue weighted by Crippen LogP contribution is 2.22. The number of anilines is 1. The van der Waals surface area contributed by atoms with Crippen LogP contribution in [-0.4, -0.2) is 48.7 Å². The summed E-state index contributed by atoms with van der Waals surface area (Å²) >= 11 is 0. The number of rotatable bonds is 14. The topological polar surface area (TPSA) is 83.3 Å². The van der Waals surface area contributed by atoms with Gasteiger partial charge < -0.3 is 20.0 Å². The Kier molecular flexibility index (Phi) is 24.1. The molecule has 3 aromatic rings.